The molecular weight excluding hydrogens is 353 g/mol. The molecule has 0 saturated heterocycles. The van der Waals surface area contributed by atoms with Gasteiger partial charge >= 0.3 is 0 Å². The number of hydrogen-bond acceptors (Lipinski definition) is 3. The van der Waals surface area contributed by atoms with Crippen molar-refractivity contribution >= 4 is 22.6 Å². The van der Waals surface area contributed by atoms with Crippen LogP contribution in [0.1, 0.15) is 18.9 Å². The highest BCUT2D eigenvalue weighted by Crippen LogP contribution is 2.09. The van der Waals surface area contributed by atoms with E-state index in [0.29, 0.717) is 19.3 Å². The topological polar surface area (TPSA) is 30.5 Å². The second kappa shape index (κ2) is 10.6. The van der Waals surface area contributed by atoms with Crippen LogP contribution >= 0.6 is 22.6 Å². The first-order chi connectivity index (χ1) is 9.26. The fourth-order valence-corrected chi connectivity index (χ4v) is 2.17. The molecule has 0 aromatic heterocycles. The monoisotopic (exact) mass is 377 g/mol. The molecule has 1 N–H and O–H groups in total. The Balaban J connectivity index is 2.41. The van der Waals surface area contributed by atoms with Crippen molar-refractivity contribution in [3.05, 3.63) is 33.4 Å². The maximum atomic E-state index is 5.64. The maximum absolute atomic E-state index is 5.64. The highest BCUT2D eigenvalue weighted by molar-refractivity contribution is 14.1. The summed E-state index contributed by atoms with van der Waals surface area (Å²) in [6, 6.07) is 9.06. The minimum atomic E-state index is 0.372. The second-order valence-corrected chi connectivity index (χ2v) is 5.79. The van der Waals surface area contributed by atoms with Gasteiger partial charge in [0.25, 0.3) is 0 Å². The fourth-order valence-electron chi connectivity index (χ4n) is 1.81. The van der Waals surface area contributed by atoms with Crippen molar-refractivity contribution in [2.45, 2.75) is 25.8 Å². The van der Waals surface area contributed by atoms with Gasteiger partial charge in [0.05, 0.1) is 19.8 Å². The summed E-state index contributed by atoms with van der Waals surface area (Å²) in [5.41, 5.74) is 1.35. The highest BCUT2D eigenvalue weighted by atomic mass is 127. The van der Waals surface area contributed by atoms with Crippen molar-refractivity contribution in [3.63, 3.8) is 0 Å². The summed E-state index contributed by atoms with van der Waals surface area (Å²) in [5.74, 6) is 0. The normalized spacial score (nSPS) is 12.6. The number of halogens is 1. The summed E-state index contributed by atoms with van der Waals surface area (Å²) < 4.78 is 11.9. The van der Waals surface area contributed by atoms with Crippen LogP contribution in [0.25, 0.3) is 0 Å². The Morgan fingerprint density at radius 3 is 2.58 bits per heavy atom. The number of hydrogen-bond donors (Lipinski definition) is 1. The van der Waals surface area contributed by atoms with Gasteiger partial charge < -0.3 is 14.8 Å². The predicted molar refractivity (Wildman–Crippen MR) is 87.6 cm³/mol. The SMILES string of the molecule is CCCNC(COCCOC)Cc1ccc(I)cc1. The molecule has 19 heavy (non-hydrogen) atoms. The van der Waals surface area contributed by atoms with E-state index in [1.54, 1.807) is 7.11 Å². The molecule has 0 bridgehead atoms. The van der Waals surface area contributed by atoms with Crippen LogP contribution in [0.2, 0.25) is 0 Å². The number of rotatable bonds is 10. The van der Waals surface area contributed by atoms with Gasteiger partial charge in [-0.05, 0) is 59.7 Å². The van der Waals surface area contributed by atoms with E-state index >= 15 is 0 Å². The molecule has 0 fully saturated rings. The van der Waals surface area contributed by atoms with E-state index in [4.69, 9.17) is 9.47 Å². The zero-order chi connectivity index (χ0) is 13.9. The zero-order valence-corrected chi connectivity index (χ0v) is 14.0. The molecule has 108 valence electrons. The van der Waals surface area contributed by atoms with Crippen molar-refractivity contribution in [1.29, 1.82) is 0 Å². The van der Waals surface area contributed by atoms with Gasteiger partial charge in [0.15, 0.2) is 0 Å². The van der Waals surface area contributed by atoms with E-state index in [-0.39, 0.29) is 0 Å². The number of ether oxygens (including phenoxy) is 2. The van der Waals surface area contributed by atoms with Gasteiger partial charge in [0.1, 0.15) is 0 Å². The summed E-state index contributed by atoms with van der Waals surface area (Å²) in [4.78, 5) is 0. The van der Waals surface area contributed by atoms with E-state index < -0.39 is 0 Å². The average Bonchev–Trinajstić information content (AvgIpc) is 2.43. The third-order valence-corrected chi connectivity index (χ3v) is 3.55. The lowest BCUT2D eigenvalue weighted by Crippen LogP contribution is -2.36. The molecule has 0 aliphatic carbocycles. The molecule has 4 heteroatoms. The van der Waals surface area contributed by atoms with E-state index in [1.807, 2.05) is 0 Å². The summed E-state index contributed by atoms with van der Waals surface area (Å²) in [6.45, 7) is 5.26. The van der Waals surface area contributed by atoms with Crippen molar-refractivity contribution < 1.29 is 9.47 Å². The molecule has 1 aromatic carbocycles. The van der Waals surface area contributed by atoms with E-state index in [0.717, 1.165) is 26.0 Å². The summed E-state index contributed by atoms with van der Waals surface area (Å²) >= 11 is 2.33. The van der Waals surface area contributed by atoms with E-state index in [9.17, 15) is 0 Å². The Kier molecular flexibility index (Phi) is 9.42. The first-order valence-electron chi connectivity index (χ1n) is 6.80. The molecule has 0 aliphatic heterocycles. The van der Waals surface area contributed by atoms with Crippen molar-refractivity contribution in [2.75, 3.05) is 33.5 Å². The summed E-state index contributed by atoms with van der Waals surface area (Å²) in [5, 5.41) is 3.54. The molecule has 1 unspecified atom stereocenters. The zero-order valence-electron chi connectivity index (χ0n) is 11.8. The molecule has 0 amide bonds. The highest BCUT2D eigenvalue weighted by Gasteiger charge is 2.09. The summed E-state index contributed by atoms with van der Waals surface area (Å²) in [6.07, 6.45) is 2.14. The Morgan fingerprint density at radius 1 is 1.21 bits per heavy atom. The van der Waals surface area contributed by atoms with Gasteiger partial charge in [-0.1, -0.05) is 19.1 Å². The van der Waals surface area contributed by atoms with Crippen LogP contribution in [0, 0.1) is 3.57 Å². The van der Waals surface area contributed by atoms with Gasteiger partial charge in [-0.2, -0.15) is 0 Å². The molecule has 0 radical (unpaired) electrons. The first-order valence-corrected chi connectivity index (χ1v) is 7.88. The van der Waals surface area contributed by atoms with Crippen molar-refractivity contribution in [3.8, 4) is 0 Å². The smallest absolute Gasteiger partial charge is 0.0701 e. The number of benzene rings is 1. The minimum absolute atomic E-state index is 0.372. The van der Waals surface area contributed by atoms with Crippen molar-refractivity contribution in [1.82, 2.24) is 5.32 Å². The average molecular weight is 377 g/mol. The Hall–Kier alpha value is -0.170. The molecule has 0 spiro atoms. The molecule has 1 aromatic rings. The van der Waals surface area contributed by atoms with Crippen LogP contribution in [0.4, 0.5) is 0 Å². The molecule has 0 heterocycles. The first kappa shape index (κ1) is 16.9. The lowest BCUT2D eigenvalue weighted by molar-refractivity contribution is 0.0587. The van der Waals surface area contributed by atoms with Gasteiger partial charge in [-0.3, -0.25) is 0 Å². The molecule has 0 aliphatic rings. The standard InChI is InChI=1S/C15H24INO2/c1-3-8-17-15(12-19-10-9-18-2)11-13-4-6-14(16)7-5-13/h4-7,15,17H,3,8-12H2,1-2H3. The van der Waals surface area contributed by atoms with Gasteiger partial charge in [-0.25, -0.2) is 0 Å². The van der Waals surface area contributed by atoms with Crippen molar-refractivity contribution in [2.24, 2.45) is 0 Å². The number of nitrogens with one attached hydrogen (secondary N) is 1. The minimum Gasteiger partial charge on any atom is -0.382 e. The molecule has 1 rings (SSSR count). The molecule has 1 atom stereocenters. The molecule has 0 saturated carbocycles. The fraction of sp³-hybridized carbons (Fsp3) is 0.600. The largest absolute Gasteiger partial charge is 0.382 e. The van der Waals surface area contributed by atoms with E-state index in [2.05, 4.69) is 59.1 Å². The number of methoxy groups -OCH3 is 1. The Morgan fingerprint density at radius 2 is 1.95 bits per heavy atom. The summed E-state index contributed by atoms with van der Waals surface area (Å²) in [7, 11) is 1.70. The molecule has 3 nitrogen and oxygen atoms in total. The predicted octanol–water partition coefficient (Wildman–Crippen LogP) is 2.86. The van der Waals surface area contributed by atoms with Crippen LogP contribution in [0.15, 0.2) is 24.3 Å². The third kappa shape index (κ3) is 7.87. The van der Waals surface area contributed by atoms with Gasteiger partial charge in [0.2, 0.25) is 0 Å². The lowest BCUT2D eigenvalue weighted by Gasteiger charge is -2.18. The van der Waals surface area contributed by atoms with Gasteiger partial charge in [-0.15, -0.1) is 0 Å². The maximum Gasteiger partial charge on any atom is 0.0701 e. The Labute approximate surface area is 130 Å². The lowest BCUT2D eigenvalue weighted by atomic mass is 10.1. The van der Waals surface area contributed by atoms with Crippen LogP contribution in [-0.2, 0) is 15.9 Å². The van der Waals surface area contributed by atoms with Gasteiger partial charge in [0, 0.05) is 16.7 Å². The van der Waals surface area contributed by atoms with Crippen LogP contribution in [0.3, 0.4) is 0 Å². The Bertz CT molecular complexity index is 329. The van der Waals surface area contributed by atoms with Crippen LogP contribution in [0.5, 0.6) is 0 Å². The second-order valence-electron chi connectivity index (χ2n) is 4.55. The molecular formula is C15H24INO2. The quantitative estimate of drug-likeness (QED) is 0.503. The third-order valence-electron chi connectivity index (χ3n) is 2.83. The van der Waals surface area contributed by atoms with E-state index in [1.165, 1.54) is 9.13 Å². The van der Waals surface area contributed by atoms with Crippen LogP contribution in [-0.4, -0.2) is 39.5 Å². The van der Waals surface area contributed by atoms with Crippen LogP contribution < -0.4 is 5.32 Å².